The van der Waals surface area contributed by atoms with Crippen molar-refractivity contribution in [3.05, 3.63) is 22.3 Å². The van der Waals surface area contributed by atoms with E-state index in [4.69, 9.17) is 0 Å². The number of ether oxygens (including phenoxy) is 1. The molecule has 0 radical (unpaired) electrons. The van der Waals surface area contributed by atoms with Gasteiger partial charge in [-0.3, -0.25) is 0 Å². The van der Waals surface area contributed by atoms with Crippen molar-refractivity contribution in [1.82, 2.24) is 4.98 Å². The second-order valence-electron chi connectivity index (χ2n) is 3.12. The minimum atomic E-state index is -4.16. The Hall–Kier alpha value is -0.850. The molecule has 0 fully saturated rings. The molecule has 0 saturated heterocycles. The minimum absolute atomic E-state index is 0.110. The van der Waals surface area contributed by atoms with Crippen molar-refractivity contribution in [3.8, 4) is 5.88 Å². The molecule has 0 aliphatic heterocycles. The Morgan fingerprint density at radius 1 is 1.50 bits per heavy atom. The van der Waals surface area contributed by atoms with Crippen molar-refractivity contribution >= 4 is 15.9 Å². The maximum atomic E-state index is 12.5. The van der Waals surface area contributed by atoms with Crippen LogP contribution in [0.15, 0.2) is 16.7 Å². The van der Waals surface area contributed by atoms with Gasteiger partial charge < -0.3 is 4.74 Å². The van der Waals surface area contributed by atoms with Crippen LogP contribution in [-0.2, 0) is 0 Å². The Balaban J connectivity index is 2.65. The number of nitrogens with zero attached hydrogens (tertiary/aromatic N) is 1. The predicted molar refractivity (Wildman–Crippen MR) is 53.1 cm³/mol. The van der Waals surface area contributed by atoms with Crippen LogP contribution in [0, 0.1) is 6.92 Å². The summed E-state index contributed by atoms with van der Waals surface area (Å²) in [7, 11) is 0. The van der Waals surface area contributed by atoms with E-state index in [0.29, 0.717) is 10.0 Å². The van der Waals surface area contributed by atoms with E-state index in [-0.39, 0.29) is 5.88 Å². The van der Waals surface area contributed by atoms with Crippen LogP contribution in [0.25, 0.3) is 0 Å². The molecule has 0 saturated carbocycles. The van der Waals surface area contributed by atoms with Gasteiger partial charge in [-0.2, -0.15) is 8.78 Å². The molecular formula is C9H8BrF4NO. The zero-order chi connectivity index (χ0) is 12.3. The van der Waals surface area contributed by atoms with Crippen LogP contribution in [0.5, 0.6) is 5.88 Å². The Morgan fingerprint density at radius 2 is 2.12 bits per heavy atom. The molecule has 1 heterocycles. The minimum Gasteiger partial charge on any atom is -0.471 e. The molecule has 7 heteroatoms. The highest BCUT2D eigenvalue weighted by atomic mass is 79.9. The third kappa shape index (κ3) is 3.33. The molecule has 0 unspecified atom stereocenters. The van der Waals surface area contributed by atoms with Crippen LogP contribution >= 0.6 is 15.9 Å². The monoisotopic (exact) mass is 301 g/mol. The van der Waals surface area contributed by atoms with E-state index < -0.39 is 19.0 Å². The molecule has 0 aromatic carbocycles. The van der Waals surface area contributed by atoms with E-state index in [1.54, 1.807) is 6.92 Å². The molecular weight excluding hydrogens is 294 g/mol. The standard InChI is InChI=1S/C9H8BrF4NO/c1-5-2-7(15-3-6(5)10)16-4-9(13,14)8(11)12/h2-3,8H,4H2,1H3. The number of aryl methyl sites for hydroxylation is 1. The van der Waals surface area contributed by atoms with Crippen molar-refractivity contribution in [1.29, 1.82) is 0 Å². The Labute approximate surface area is 97.8 Å². The second kappa shape index (κ2) is 4.99. The van der Waals surface area contributed by atoms with Gasteiger partial charge in [-0.15, -0.1) is 0 Å². The number of halogens is 5. The lowest BCUT2D eigenvalue weighted by atomic mass is 10.3. The van der Waals surface area contributed by atoms with Crippen molar-refractivity contribution in [2.75, 3.05) is 6.61 Å². The van der Waals surface area contributed by atoms with Gasteiger partial charge in [-0.05, 0) is 28.4 Å². The summed E-state index contributed by atoms with van der Waals surface area (Å²) in [6.07, 6.45) is -2.39. The van der Waals surface area contributed by atoms with Crippen molar-refractivity contribution in [3.63, 3.8) is 0 Å². The third-order valence-electron chi connectivity index (χ3n) is 1.75. The number of rotatable bonds is 4. The highest BCUT2D eigenvalue weighted by molar-refractivity contribution is 9.10. The van der Waals surface area contributed by atoms with Gasteiger partial charge in [0.05, 0.1) is 0 Å². The zero-order valence-corrected chi connectivity index (χ0v) is 9.77. The van der Waals surface area contributed by atoms with Gasteiger partial charge >= 0.3 is 12.3 Å². The summed E-state index contributed by atoms with van der Waals surface area (Å²) in [5, 5.41) is 0. The Morgan fingerprint density at radius 3 is 2.62 bits per heavy atom. The molecule has 1 aromatic rings. The normalized spacial score (nSPS) is 11.9. The van der Waals surface area contributed by atoms with Crippen LogP contribution in [0.2, 0.25) is 0 Å². The van der Waals surface area contributed by atoms with Crippen LogP contribution in [0.3, 0.4) is 0 Å². The fourth-order valence-corrected chi connectivity index (χ4v) is 1.04. The largest absolute Gasteiger partial charge is 0.471 e. The van der Waals surface area contributed by atoms with Gasteiger partial charge in [0.25, 0.3) is 0 Å². The Bertz CT molecular complexity index is 373. The lowest BCUT2D eigenvalue weighted by molar-refractivity contribution is -0.148. The van der Waals surface area contributed by atoms with Gasteiger partial charge in [-0.25, -0.2) is 13.8 Å². The van der Waals surface area contributed by atoms with E-state index in [1.807, 2.05) is 0 Å². The summed E-state index contributed by atoms with van der Waals surface area (Å²) in [6, 6.07) is 1.38. The number of alkyl halides is 4. The second-order valence-corrected chi connectivity index (χ2v) is 3.98. The highest BCUT2D eigenvalue weighted by Gasteiger charge is 2.41. The quantitative estimate of drug-likeness (QED) is 0.795. The van der Waals surface area contributed by atoms with Gasteiger partial charge in [0.1, 0.15) is 0 Å². The molecule has 90 valence electrons. The first kappa shape index (κ1) is 13.2. The topological polar surface area (TPSA) is 22.1 Å². The number of aromatic nitrogens is 1. The number of hydrogen-bond donors (Lipinski definition) is 0. The number of hydrogen-bond acceptors (Lipinski definition) is 2. The van der Waals surface area contributed by atoms with E-state index in [2.05, 4.69) is 25.7 Å². The van der Waals surface area contributed by atoms with Crippen LogP contribution in [0.4, 0.5) is 17.6 Å². The summed E-state index contributed by atoms with van der Waals surface area (Å²) in [5.74, 6) is -4.27. The number of pyridine rings is 1. The molecule has 0 spiro atoms. The van der Waals surface area contributed by atoms with Gasteiger partial charge in [0.15, 0.2) is 6.61 Å². The summed E-state index contributed by atoms with van der Waals surface area (Å²) < 4.78 is 53.8. The van der Waals surface area contributed by atoms with Gasteiger partial charge in [0, 0.05) is 16.7 Å². The molecule has 0 atom stereocenters. The van der Waals surface area contributed by atoms with E-state index in [0.717, 1.165) is 0 Å². The lowest BCUT2D eigenvalue weighted by Crippen LogP contribution is -2.33. The van der Waals surface area contributed by atoms with E-state index >= 15 is 0 Å². The summed E-state index contributed by atoms with van der Waals surface area (Å²) >= 11 is 3.16. The molecule has 0 amide bonds. The third-order valence-corrected chi connectivity index (χ3v) is 2.58. The van der Waals surface area contributed by atoms with Crippen molar-refractivity contribution in [2.24, 2.45) is 0 Å². The molecule has 0 bridgehead atoms. The molecule has 0 aliphatic carbocycles. The van der Waals surface area contributed by atoms with Gasteiger partial charge in [-0.1, -0.05) is 0 Å². The van der Waals surface area contributed by atoms with Gasteiger partial charge in [0.2, 0.25) is 5.88 Å². The van der Waals surface area contributed by atoms with Crippen molar-refractivity contribution < 1.29 is 22.3 Å². The highest BCUT2D eigenvalue weighted by Crippen LogP contribution is 2.25. The van der Waals surface area contributed by atoms with Crippen LogP contribution in [-0.4, -0.2) is 23.9 Å². The summed E-state index contributed by atoms with van der Waals surface area (Å²) in [6.45, 7) is 0.308. The summed E-state index contributed by atoms with van der Waals surface area (Å²) in [4.78, 5) is 3.65. The maximum Gasteiger partial charge on any atom is 0.340 e. The SMILES string of the molecule is Cc1cc(OCC(F)(F)C(F)F)ncc1Br. The average molecular weight is 302 g/mol. The fourth-order valence-electron chi connectivity index (χ4n) is 0.826. The fraction of sp³-hybridized carbons (Fsp3) is 0.444. The lowest BCUT2D eigenvalue weighted by Gasteiger charge is -2.15. The zero-order valence-electron chi connectivity index (χ0n) is 8.18. The first-order valence-corrected chi connectivity index (χ1v) is 5.03. The van der Waals surface area contributed by atoms with E-state index in [1.165, 1.54) is 12.3 Å². The first-order valence-electron chi connectivity index (χ1n) is 4.24. The summed E-state index contributed by atoms with van der Waals surface area (Å²) in [5.41, 5.74) is 0.713. The van der Waals surface area contributed by atoms with Crippen LogP contribution in [0.1, 0.15) is 5.56 Å². The molecule has 1 aromatic heterocycles. The first-order chi connectivity index (χ1) is 7.33. The molecule has 1 rings (SSSR count). The predicted octanol–water partition coefficient (Wildman–Crippen LogP) is 3.43. The molecule has 16 heavy (non-hydrogen) atoms. The Kier molecular flexibility index (Phi) is 4.12. The van der Waals surface area contributed by atoms with Crippen LogP contribution < -0.4 is 4.74 Å². The smallest absolute Gasteiger partial charge is 0.340 e. The molecule has 2 nitrogen and oxygen atoms in total. The van der Waals surface area contributed by atoms with Crippen molar-refractivity contribution in [2.45, 2.75) is 19.3 Å². The molecule has 0 aliphatic rings. The average Bonchev–Trinajstić information content (AvgIpc) is 2.20. The molecule has 0 N–H and O–H groups in total. The maximum absolute atomic E-state index is 12.5. The van der Waals surface area contributed by atoms with E-state index in [9.17, 15) is 17.6 Å².